The van der Waals surface area contributed by atoms with Crippen molar-refractivity contribution >= 4 is 17.5 Å². The lowest BCUT2D eigenvalue weighted by molar-refractivity contribution is 0.0730. The average Bonchev–Trinajstić information content (AvgIpc) is 3.37. The number of ether oxygens (including phenoxy) is 1. The van der Waals surface area contributed by atoms with E-state index in [2.05, 4.69) is 10.2 Å². The number of aromatic nitrogens is 2. The second-order valence-electron chi connectivity index (χ2n) is 8.54. The zero-order valence-corrected chi connectivity index (χ0v) is 19.8. The molecule has 6 nitrogen and oxygen atoms in total. The van der Waals surface area contributed by atoms with Gasteiger partial charge in [-0.2, -0.15) is 5.10 Å². The Morgan fingerprint density at radius 3 is 2.68 bits per heavy atom. The molecule has 2 heterocycles. The Morgan fingerprint density at radius 2 is 1.91 bits per heavy atom. The molecule has 2 N–H and O–H groups in total. The van der Waals surface area contributed by atoms with Crippen molar-refractivity contribution in [1.29, 1.82) is 0 Å². The van der Waals surface area contributed by atoms with Gasteiger partial charge in [0.15, 0.2) is 0 Å². The minimum Gasteiger partial charge on any atom is -0.507 e. The van der Waals surface area contributed by atoms with E-state index < -0.39 is 6.04 Å². The summed E-state index contributed by atoms with van der Waals surface area (Å²) in [5.41, 5.74) is 5.76. The molecule has 3 aromatic carbocycles. The summed E-state index contributed by atoms with van der Waals surface area (Å²) in [4.78, 5) is 15.4. The maximum atomic E-state index is 13.6. The number of nitrogens with zero attached hydrogens (tertiary/aromatic N) is 2. The molecule has 172 valence electrons. The van der Waals surface area contributed by atoms with Gasteiger partial charge in [-0.3, -0.25) is 9.89 Å². The van der Waals surface area contributed by atoms with Crippen LogP contribution in [0.4, 0.5) is 0 Å². The molecule has 0 fully saturated rings. The van der Waals surface area contributed by atoms with Crippen LogP contribution < -0.4 is 4.74 Å². The first-order valence-electron chi connectivity index (χ1n) is 11.0. The number of methoxy groups -OCH3 is 1. The van der Waals surface area contributed by atoms with Gasteiger partial charge in [-0.25, -0.2) is 0 Å². The van der Waals surface area contributed by atoms with Gasteiger partial charge >= 0.3 is 0 Å². The first kappa shape index (κ1) is 22.0. The van der Waals surface area contributed by atoms with E-state index in [1.165, 1.54) is 0 Å². The van der Waals surface area contributed by atoms with E-state index in [4.69, 9.17) is 16.3 Å². The Hall–Kier alpha value is -3.77. The van der Waals surface area contributed by atoms with Crippen LogP contribution in [0.2, 0.25) is 5.02 Å². The number of rotatable bonds is 5. The van der Waals surface area contributed by atoms with Gasteiger partial charge in [0.1, 0.15) is 22.9 Å². The van der Waals surface area contributed by atoms with Crippen LogP contribution in [0.15, 0.2) is 60.7 Å². The fourth-order valence-electron chi connectivity index (χ4n) is 4.67. The topological polar surface area (TPSA) is 78.5 Å². The van der Waals surface area contributed by atoms with E-state index in [0.717, 1.165) is 27.8 Å². The van der Waals surface area contributed by atoms with Crippen molar-refractivity contribution < 1.29 is 14.6 Å². The molecule has 5 rings (SSSR count). The summed E-state index contributed by atoms with van der Waals surface area (Å²) in [7, 11) is 1.61. The molecule has 0 saturated carbocycles. The predicted octanol–water partition coefficient (Wildman–Crippen LogP) is 5.81. The summed E-state index contributed by atoms with van der Waals surface area (Å²) < 4.78 is 5.46. The van der Waals surface area contributed by atoms with Crippen LogP contribution >= 0.6 is 11.6 Å². The Balaban J connectivity index is 1.71. The van der Waals surface area contributed by atoms with E-state index in [-0.39, 0.29) is 11.7 Å². The van der Waals surface area contributed by atoms with E-state index in [1.807, 2.05) is 74.5 Å². The molecular formula is C27H24ClN3O3. The van der Waals surface area contributed by atoms with Gasteiger partial charge in [-0.15, -0.1) is 0 Å². The molecule has 0 spiro atoms. The monoisotopic (exact) mass is 473 g/mol. The van der Waals surface area contributed by atoms with E-state index in [0.29, 0.717) is 34.3 Å². The molecule has 0 bridgehead atoms. The van der Waals surface area contributed by atoms with Gasteiger partial charge < -0.3 is 14.7 Å². The van der Waals surface area contributed by atoms with Gasteiger partial charge in [0.25, 0.3) is 5.91 Å². The third-order valence-electron chi connectivity index (χ3n) is 6.27. The maximum Gasteiger partial charge on any atom is 0.273 e. The number of aryl methyl sites for hydroxylation is 2. The molecular weight excluding hydrogens is 450 g/mol. The number of carbonyl (C=O) groups is 1. The first-order chi connectivity index (χ1) is 16.4. The van der Waals surface area contributed by atoms with E-state index in [1.54, 1.807) is 12.0 Å². The number of H-pyrrole nitrogens is 1. The molecule has 0 saturated heterocycles. The number of aromatic amines is 1. The quantitative estimate of drug-likeness (QED) is 0.383. The van der Waals surface area contributed by atoms with Gasteiger partial charge in [0.05, 0.1) is 13.2 Å². The molecule has 34 heavy (non-hydrogen) atoms. The Morgan fingerprint density at radius 1 is 1.12 bits per heavy atom. The smallest absolute Gasteiger partial charge is 0.273 e. The molecule has 0 aliphatic carbocycles. The molecule has 4 aromatic rings. The number of fused-ring (bicyclic) bond motifs is 1. The summed E-state index contributed by atoms with van der Waals surface area (Å²) in [5, 5.41) is 18.9. The largest absolute Gasteiger partial charge is 0.507 e. The number of phenols is 1. The fraction of sp³-hybridized carbons (Fsp3) is 0.185. The van der Waals surface area contributed by atoms with Crippen molar-refractivity contribution in [3.05, 3.63) is 99.2 Å². The van der Waals surface area contributed by atoms with Crippen LogP contribution in [0.1, 0.15) is 44.3 Å². The van der Waals surface area contributed by atoms with Crippen LogP contribution in [0.3, 0.4) is 0 Å². The maximum absolute atomic E-state index is 13.6. The normalized spacial score (nSPS) is 15.0. The SMILES string of the molecule is COc1cccc(C2c3c(-c4cc(C)cc(C)c4O)n[nH]c3C(=O)N2Cc2ccccc2Cl)c1. The van der Waals surface area contributed by atoms with Crippen LogP contribution in [-0.2, 0) is 6.54 Å². The van der Waals surface area contributed by atoms with Crippen LogP contribution in [0.5, 0.6) is 11.5 Å². The molecule has 1 aromatic heterocycles. The van der Waals surface area contributed by atoms with Crippen molar-refractivity contribution in [2.75, 3.05) is 7.11 Å². The first-order valence-corrected chi connectivity index (χ1v) is 11.3. The van der Waals surface area contributed by atoms with Gasteiger partial charge in [0.2, 0.25) is 0 Å². The summed E-state index contributed by atoms with van der Waals surface area (Å²) >= 11 is 6.45. The fourth-order valence-corrected chi connectivity index (χ4v) is 4.87. The average molecular weight is 474 g/mol. The zero-order chi connectivity index (χ0) is 24.0. The lowest BCUT2D eigenvalue weighted by Gasteiger charge is -2.27. The lowest BCUT2D eigenvalue weighted by atomic mass is 9.94. The second kappa shape index (κ2) is 8.54. The van der Waals surface area contributed by atoms with Crippen molar-refractivity contribution in [3.8, 4) is 22.8 Å². The third kappa shape index (κ3) is 3.60. The van der Waals surface area contributed by atoms with Crippen LogP contribution in [0.25, 0.3) is 11.3 Å². The Kier molecular flexibility index (Phi) is 5.54. The highest BCUT2D eigenvalue weighted by molar-refractivity contribution is 6.31. The number of benzene rings is 3. The Bertz CT molecular complexity index is 1410. The number of phenolic OH excluding ortho intramolecular Hbond substituents is 1. The number of aromatic hydroxyl groups is 1. The standard InChI is InChI=1S/C27H24ClN3O3/c1-15-11-16(2)26(32)20(12-15)23-22-24(30-29-23)27(33)31(14-18-7-4-5-10-21(18)28)25(22)17-8-6-9-19(13-17)34-3/h4-13,25,32H,14H2,1-3H3,(H,29,30). The number of halogens is 1. The van der Waals surface area contributed by atoms with Crippen molar-refractivity contribution in [1.82, 2.24) is 15.1 Å². The zero-order valence-electron chi connectivity index (χ0n) is 19.1. The summed E-state index contributed by atoms with van der Waals surface area (Å²) in [6.07, 6.45) is 0. The van der Waals surface area contributed by atoms with Crippen molar-refractivity contribution in [2.45, 2.75) is 26.4 Å². The van der Waals surface area contributed by atoms with Crippen LogP contribution in [0, 0.1) is 13.8 Å². The minimum atomic E-state index is -0.442. The molecule has 1 amide bonds. The highest BCUT2D eigenvalue weighted by Crippen LogP contribution is 2.46. The van der Waals surface area contributed by atoms with Crippen molar-refractivity contribution in [3.63, 3.8) is 0 Å². The molecule has 7 heteroatoms. The molecule has 0 radical (unpaired) electrons. The highest BCUT2D eigenvalue weighted by atomic mass is 35.5. The number of nitrogens with one attached hydrogen (secondary N) is 1. The summed E-state index contributed by atoms with van der Waals surface area (Å²) in [6, 6.07) is 18.5. The highest BCUT2D eigenvalue weighted by Gasteiger charge is 2.43. The molecule has 1 aliphatic heterocycles. The number of hydrogen-bond acceptors (Lipinski definition) is 4. The van der Waals surface area contributed by atoms with E-state index in [9.17, 15) is 9.90 Å². The number of hydrogen-bond donors (Lipinski definition) is 2. The minimum absolute atomic E-state index is 0.154. The molecule has 1 atom stereocenters. The van der Waals surface area contributed by atoms with Gasteiger partial charge in [-0.05, 0) is 60.4 Å². The predicted molar refractivity (Wildman–Crippen MR) is 131 cm³/mol. The molecule has 1 aliphatic rings. The van der Waals surface area contributed by atoms with Gasteiger partial charge in [-0.1, -0.05) is 48.0 Å². The number of amides is 1. The summed E-state index contributed by atoms with van der Waals surface area (Å²) in [5.74, 6) is 0.669. The second-order valence-corrected chi connectivity index (χ2v) is 8.95. The third-order valence-corrected chi connectivity index (χ3v) is 6.64. The van der Waals surface area contributed by atoms with E-state index >= 15 is 0 Å². The van der Waals surface area contributed by atoms with Crippen molar-refractivity contribution in [2.24, 2.45) is 0 Å². The van der Waals surface area contributed by atoms with Crippen LogP contribution in [-0.4, -0.2) is 33.2 Å². The Labute approximate surface area is 202 Å². The number of carbonyl (C=O) groups excluding carboxylic acids is 1. The van der Waals surface area contributed by atoms with Gasteiger partial charge in [0, 0.05) is 22.7 Å². The summed E-state index contributed by atoms with van der Waals surface area (Å²) in [6.45, 7) is 4.14. The lowest BCUT2D eigenvalue weighted by Crippen LogP contribution is -2.29. The molecule has 1 unspecified atom stereocenters.